The van der Waals surface area contributed by atoms with Crippen LogP contribution in [0.1, 0.15) is 13.3 Å². The molecule has 4 heteroatoms. The van der Waals surface area contributed by atoms with Crippen LogP contribution in [0, 0.1) is 0 Å². The second-order valence-corrected chi connectivity index (χ2v) is 2.45. The van der Waals surface area contributed by atoms with Crippen molar-refractivity contribution >= 4 is 5.97 Å². The number of alkyl halides is 1. The van der Waals surface area contributed by atoms with Gasteiger partial charge in [0.05, 0.1) is 13.5 Å². The zero-order chi connectivity index (χ0) is 9.40. The molecule has 0 radical (unpaired) electrons. The van der Waals surface area contributed by atoms with Gasteiger partial charge in [-0.3, -0.25) is 4.79 Å². The number of hydrogen-bond donors (Lipinski definition) is 0. The van der Waals surface area contributed by atoms with E-state index in [1.807, 2.05) is 11.8 Å². The number of nitrogens with zero attached hydrogens (tertiary/aromatic N) is 1. The number of carbonyl (C=O) groups is 1. The van der Waals surface area contributed by atoms with E-state index >= 15 is 0 Å². The Hall–Kier alpha value is -0.640. The summed E-state index contributed by atoms with van der Waals surface area (Å²) in [5, 5.41) is 0. The number of carbonyl (C=O) groups excluding carboxylic acids is 1. The van der Waals surface area contributed by atoms with Crippen molar-refractivity contribution in [3.05, 3.63) is 0 Å². The van der Waals surface area contributed by atoms with E-state index in [4.69, 9.17) is 0 Å². The van der Waals surface area contributed by atoms with Crippen LogP contribution in [0.3, 0.4) is 0 Å². The van der Waals surface area contributed by atoms with Crippen molar-refractivity contribution in [1.82, 2.24) is 4.90 Å². The van der Waals surface area contributed by atoms with Gasteiger partial charge in [0.25, 0.3) is 0 Å². The summed E-state index contributed by atoms with van der Waals surface area (Å²) in [6.45, 7) is 3.31. The average molecular weight is 177 g/mol. The lowest BCUT2D eigenvalue weighted by atomic mass is 10.4. The molecule has 0 rings (SSSR count). The van der Waals surface area contributed by atoms with E-state index in [-0.39, 0.29) is 12.6 Å². The monoisotopic (exact) mass is 177 g/mol. The maximum absolute atomic E-state index is 11.9. The molecule has 0 spiro atoms. The number of halogens is 1. The van der Waals surface area contributed by atoms with Crippen molar-refractivity contribution in [3.63, 3.8) is 0 Å². The molecule has 0 aliphatic rings. The number of methoxy groups -OCH3 is 1. The first kappa shape index (κ1) is 11.4. The van der Waals surface area contributed by atoms with Gasteiger partial charge in [0.1, 0.15) is 6.67 Å². The van der Waals surface area contributed by atoms with Crippen molar-refractivity contribution in [2.45, 2.75) is 13.3 Å². The predicted molar refractivity (Wildman–Crippen MR) is 44.7 cm³/mol. The lowest BCUT2D eigenvalue weighted by Crippen LogP contribution is -2.28. The molecule has 0 aliphatic carbocycles. The van der Waals surface area contributed by atoms with Gasteiger partial charge in [0.15, 0.2) is 0 Å². The van der Waals surface area contributed by atoms with Crippen LogP contribution in [0.2, 0.25) is 0 Å². The standard InChI is InChI=1S/C8H16FNO2/c1-3-10(7-5-9)6-4-8(11)12-2/h3-7H2,1-2H3. The minimum absolute atomic E-state index is 0.243. The maximum Gasteiger partial charge on any atom is 0.306 e. The van der Waals surface area contributed by atoms with Gasteiger partial charge in [0.2, 0.25) is 0 Å². The van der Waals surface area contributed by atoms with E-state index in [1.54, 1.807) is 0 Å². The molecule has 0 bridgehead atoms. The molecule has 0 unspecified atom stereocenters. The molecule has 0 aliphatic heterocycles. The Balaban J connectivity index is 3.50. The van der Waals surface area contributed by atoms with Gasteiger partial charge in [-0.15, -0.1) is 0 Å². The molecule has 12 heavy (non-hydrogen) atoms. The largest absolute Gasteiger partial charge is 0.469 e. The Morgan fingerprint density at radius 2 is 2.17 bits per heavy atom. The van der Waals surface area contributed by atoms with Crippen LogP contribution in [-0.4, -0.2) is 44.3 Å². The predicted octanol–water partition coefficient (Wildman–Crippen LogP) is 0.841. The highest BCUT2D eigenvalue weighted by Gasteiger charge is 2.05. The summed E-state index contributed by atoms with van der Waals surface area (Å²) in [6, 6.07) is 0. The second-order valence-electron chi connectivity index (χ2n) is 2.45. The first-order chi connectivity index (χ1) is 5.74. The van der Waals surface area contributed by atoms with Crippen molar-refractivity contribution in [2.24, 2.45) is 0 Å². The average Bonchev–Trinajstić information content (AvgIpc) is 2.11. The van der Waals surface area contributed by atoms with Crippen LogP contribution >= 0.6 is 0 Å². The van der Waals surface area contributed by atoms with Gasteiger partial charge in [-0.2, -0.15) is 0 Å². The maximum atomic E-state index is 11.9. The summed E-state index contributed by atoms with van der Waals surface area (Å²) in [4.78, 5) is 12.6. The minimum Gasteiger partial charge on any atom is -0.469 e. The summed E-state index contributed by atoms with van der Waals surface area (Å²) in [6.07, 6.45) is 0.338. The molecule has 72 valence electrons. The molecule has 0 heterocycles. The summed E-state index contributed by atoms with van der Waals surface area (Å²) in [7, 11) is 1.35. The third-order valence-electron chi connectivity index (χ3n) is 1.71. The van der Waals surface area contributed by atoms with Crippen molar-refractivity contribution in [3.8, 4) is 0 Å². The number of hydrogen-bond acceptors (Lipinski definition) is 3. The number of esters is 1. The summed E-state index contributed by atoms with van der Waals surface area (Å²) < 4.78 is 16.3. The molecular formula is C8H16FNO2. The van der Waals surface area contributed by atoms with Crippen molar-refractivity contribution in [2.75, 3.05) is 33.4 Å². The van der Waals surface area contributed by atoms with Crippen LogP contribution in [-0.2, 0) is 9.53 Å². The molecule has 0 aromatic carbocycles. The summed E-state index contributed by atoms with van der Waals surface area (Å²) >= 11 is 0. The molecule has 0 aromatic rings. The van der Waals surface area contributed by atoms with Crippen LogP contribution in [0.5, 0.6) is 0 Å². The molecule has 0 fully saturated rings. The van der Waals surface area contributed by atoms with Crippen LogP contribution in [0.25, 0.3) is 0 Å². The fraction of sp³-hybridized carbons (Fsp3) is 0.875. The van der Waals surface area contributed by atoms with Gasteiger partial charge >= 0.3 is 5.97 Å². The fourth-order valence-corrected chi connectivity index (χ4v) is 0.899. The Labute approximate surface area is 72.5 Å². The Morgan fingerprint density at radius 1 is 1.50 bits per heavy atom. The van der Waals surface area contributed by atoms with Gasteiger partial charge < -0.3 is 9.64 Å². The van der Waals surface area contributed by atoms with E-state index < -0.39 is 0 Å². The third-order valence-corrected chi connectivity index (χ3v) is 1.71. The molecule has 3 nitrogen and oxygen atoms in total. The van der Waals surface area contributed by atoms with Crippen molar-refractivity contribution in [1.29, 1.82) is 0 Å². The lowest BCUT2D eigenvalue weighted by Gasteiger charge is -2.17. The van der Waals surface area contributed by atoms with Gasteiger partial charge in [-0.05, 0) is 6.54 Å². The van der Waals surface area contributed by atoms with Crippen molar-refractivity contribution < 1.29 is 13.9 Å². The molecule has 0 saturated carbocycles. The van der Waals surface area contributed by atoms with E-state index in [1.165, 1.54) is 7.11 Å². The number of rotatable bonds is 6. The first-order valence-electron chi connectivity index (χ1n) is 4.09. The Morgan fingerprint density at radius 3 is 2.58 bits per heavy atom. The van der Waals surface area contributed by atoms with Gasteiger partial charge in [0, 0.05) is 13.1 Å². The van der Waals surface area contributed by atoms with E-state index in [0.717, 1.165) is 6.54 Å². The zero-order valence-corrected chi connectivity index (χ0v) is 7.68. The normalized spacial score (nSPS) is 10.3. The molecule has 0 amide bonds. The third kappa shape index (κ3) is 5.07. The highest BCUT2D eigenvalue weighted by Crippen LogP contribution is 1.92. The van der Waals surface area contributed by atoms with Gasteiger partial charge in [-0.25, -0.2) is 4.39 Å². The zero-order valence-electron chi connectivity index (χ0n) is 7.68. The molecular weight excluding hydrogens is 161 g/mol. The van der Waals surface area contributed by atoms with Crippen LogP contribution in [0.4, 0.5) is 4.39 Å². The molecule has 0 N–H and O–H groups in total. The fourth-order valence-electron chi connectivity index (χ4n) is 0.899. The topological polar surface area (TPSA) is 29.5 Å². The van der Waals surface area contributed by atoms with Crippen LogP contribution in [0.15, 0.2) is 0 Å². The highest BCUT2D eigenvalue weighted by molar-refractivity contribution is 5.69. The number of ether oxygens (including phenoxy) is 1. The van der Waals surface area contributed by atoms with Crippen LogP contribution < -0.4 is 0 Å². The van der Waals surface area contributed by atoms with E-state index in [2.05, 4.69) is 4.74 Å². The van der Waals surface area contributed by atoms with E-state index in [9.17, 15) is 9.18 Å². The smallest absolute Gasteiger partial charge is 0.306 e. The molecule has 0 aromatic heterocycles. The van der Waals surface area contributed by atoms with E-state index in [0.29, 0.717) is 19.5 Å². The highest BCUT2D eigenvalue weighted by atomic mass is 19.1. The molecule has 0 atom stereocenters. The first-order valence-corrected chi connectivity index (χ1v) is 4.09. The quantitative estimate of drug-likeness (QED) is 0.563. The SMILES string of the molecule is CCN(CCF)CCC(=O)OC. The second kappa shape index (κ2) is 7.03. The minimum atomic E-state index is -0.366. The lowest BCUT2D eigenvalue weighted by molar-refractivity contribution is -0.141. The Bertz CT molecular complexity index is 130. The Kier molecular flexibility index (Phi) is 6.66. The summed E-state index contributed by atoms with van der Waals surface area (Å²) in [5.41, 5.74) is 0. The van der Waals surface area contributed by atoms with Gasteiger partial charge in [-0.1, -0.05) is 6.92 Å². The molecule has 0 saturated heterocycles. The summed E-state index contributed by atoms with van der Waals surface area (Å²) in [5.74, 6) is -0.243.